The first-order valence-electron chi connectivity index (χ1n) is 9.63. The summed E-state index contributed by atoms with van der Waals surface area (Å²) in [7, 11) is -1.98. The largest absolute Gasteiger partial charge is 0.465 e. The second kappa shape index (κ2) is 9.11. The van der Waals surface area contributed by atoms with Gasteiger partial charge < -0.3 is 14.6 Å². The second-order valence-electron chi connectivity index (χ2n) is 7.16. The fraction of sp³-hybridized carbons (Fsp3) is 0.273. The molecule has 9 heteroatoms. The molecule has 31 heavy (non-hydrogen) atoms. The third-order valence-electron chi connectivity index (χ3n) is 4.84. The zero-order valence-corrected chi connectivity index (χ0v) is 19.0. The molecule has 0 atom stereocenters. The van der Waals surface area contributed by atoms with Gasteiger partial charge in [-0.2, -0.15) is 0 Å². The van der Waals surface area contributed by atoms with E-state index in [2.05, 4.69) is 5.32 Å². The van der Waals surface area contributed by atoms with Crippen LogP contribution < -0.4 is 5.32 Å². The summed E-state index contributed by atoms with van der Waals surface area (Å²) in [5.74, 6) is -1.77. The number of nitrogens with zero attached hydrogens (tertiary/aromatic N) is 1. The molecular weight excluding hydrogens is 440 g/mol. The van der Waals surface area contributed by atoms with Crippen molar-refractivity contribution in [3.05, 3.63) is 64.3 Å². The minimum Gasteiger partial charge on any atom is -0.465 e. The van der Waals surface area contributed by atoms with Gasteiger partial charge in [-0.15, -0.1) is 0 Å². The highest BCUT2D eigenvalue weighted by atomic mass is 35.5. The molecule has 0 aliphatic heterocycles. The Bertz CT molecular complexity index is 1250. The minimum atomic E-state index is -3.78. The van der Waals surface area contributed by atoms with Crippen molar-refractivity contribution >= 4 is 44.2 Å². The molecule has 1 aromatic heterocycles. The molecule has 0 radical (unpaired) electrons. The van der Waals surface area contributed by atoms with Crippen LogP contribution in [-0.4, -0.2) is 37.2 Å². The van der Waals surface area contributed by atoms with Gasteiger partial charge in [-0.25, -0.2) is 8.42 Å². The number of amides is 1. The van der Waals surface area contributed by atoms with Gasteiger partial charge in [0, 0.05) is 19.0 Å². The Morgan fingerprint density at radius 2 is 1.81 bits per heavy atom. The van der Waals surface area contributed by atoms with Crippen molar-refractivity contribution in [1.82, 2.24) is 9.88 Å². The third-order valence-corrected chi connectivity index (χ3v) is 6.76. The van der Waals surface area contributed by atoms with E-state index in [9.17, 15) is 18.0 Å². The van der Waals surface area contributed by atoms with Gasteiger partial charge in [0.05, 0.1) is 22.0 Å². The molecule has 1 amide bonds. The van der Waals surface area contributed by atoms with Gasteiger partial charge in [0.1, 0.15) is 5.69 Å². The van der Waals surface area contributed by atoms with Gasteiger partial charge in [0.15, 0.2) is 15.6 Å². The quantitative estimate of drug-likeness (QED) is 0.543. The summed E-state index contributed by atoms with van der Waals surface area (Å²) in [6, 6.07) is 11.6. The van der Waals surface area contributed by atoms with E-state index >= 15 is 0 Å². The van der Waals surface area contributed by atoms with Crippen LogP contribution in [0.1, 0.15) is 28.5 Å². The summed E-state index contributed by atoms with van der Waals surface area (Å²) < 4.78 is 31.0. The maximum Gasteiger partial charge on any atom is 0.321 e. The second-order valence-corrected chi connectivity index (χ2v) is 9.56. The topological polar surface area (TPSA) is 94.5 Å². The molecule has 2 aromatic carbocycles. The number of carbonyl (C=O) groups excluding carboxylic acids is 2. The summed E-state index contributed by atoms with van der Waals surface area (Å²) in [4.78, 5) is 24.2. The average molecular weight is 463 g/mol. The fourth-order valence-electron chi connectivity index (χ4n) is 3.27. The van der Waals surface area contributed by atoms with E-state index in [4.69, 9.17) is 16.3 Å². The normalized spacial score (nSPS) is 11.5. The number of esters is 1. The molecule has 7 nitrogen and oxygen atoms in total. The Kier molecular flexibility index (Phi) is 6.71. The molecule has 0 aliphatic carbocycles. The molecule has 0 fully saturated rings. The first-order valence-corrected chi connectivity index (χ1v) is 11.7. The fourth-order valence-corrected chi connectivity index (χ4v) is 4.70. The molecule has 0 bridgehead atoms. The molecule has 0 saturated carbocycles. The molecule has 0 saturated heterocycles. The maximum atomic E-state index is 12.7. The Morgan fingerprint density at radius 1 is 1.13 bits per heavy atom. The molecule has 1 heterocycles. The number of fused-ring (bicyclic) bond motifs is 1. The number of rotatable bonds is 7. The first kappa shape index (κ1) is 22.8. The molecule has 0 spiro atoms. The maximum absolute atomic E-state index is 12.7. The van der Waals surface area contributed by atoms with E-state index in [1.54, 1.807) is 36.7 Å². The van der Waals surface area contributed by atoms with Gasteiger partial charge in [0.25, 0.3) is 5.91 Å². The monoisotopic (exact) mass is 462 g/mol. The number of halogens is 1. The Morgan fingerprint density at radius 3 is 2.45 bits per heavy atom. The number of sulfone groups is 1. The zero-order chi connectivity index (χ0) is 22.8. The zero-order valence-electron chi connectivity index (χ0n) is 17.4. The smallest absolute Gasteiger partial charge is 0.321 e. The van der Waals surface area contributed by atoms with E-state index in [1.807, 2.05) is 19.1 Å². The lowest BCUT2D eigenvalue weighted by Crippen LogP contribution is -2.24. The number of aromatic nitrogens is 1. The van der Waals surface area contributed by atoms with Crippen LogP contribution in [0.4, 0.5) is 0 Å². The first-order chi connectivity index (χ1) is 14.6. The lowest BCUT2D eigenvalue weighted by atomic mass is 10.2. The predicted octanol–water partition coefficient (Wildman–Crippen LogP) is 3.41. The number of carbonyl (C=O) groups is 2. The molecule has 0 unspecified atom stereocenters. The Balaban J connectivity index is 1.70. The third kappa shape index (κ3) is 5.08. The van der Waals surface area contributed by atoms with Gasteiger partial charge in [0.2, 0.25) is 0 Å². The number of aryl methyl sites for hydroxylation is 2. The van der Waals surface area contributed by atoms with E-state index in [1.165, 1.54) is 12.1 Å². The molecule has 1 N–H and O–H groups in total. The van der Waals surface area contributed by atoms with Crippen molar-refractivity contribution in [2.75, 3.05) is 12.4 Å². The van der Waals surface area contributed by atoms with Crippen LogP contribution in [0.25, 0.3) is 10.9 Å². The highest BCUT2D eigenvalue weighted by Crippen LogP contribution is 2.28. The standard InChI is InChI=1S/C22H23ClN2O5S/c1-4-30-21(26)13-31(28,29)16-7-5-15(6-8-16)12-24-22(27)20-11-17-18(23)9-14(2)10-19(17)25(20)3/h5-11H,4,12-13H2,1-3H3,(H,24,27). The van der Waals surface area contributed by atoms with Gasteiger partial charge in [-0.1, -0.05) is 23.7 Å². The summed E-state index contributed by atoms with van der Waals surface area (Å²) in [6.45, 7) is 3.89. The summed E-state index contributed by atoms with van der Waals surface area (Å²) in [6.07, 6.45) is 0. The number of nitrogens with one attached hydrogen (secondary N) is 1. The summed E-state index contributed by atoms with van der Waals surface area (Å²) in [5.41, 5.74) is 3.06. The van der Waals surface area contributed by atoms with E-state index in [0.717, 1.165) is 22.0 Å². The van der Waals surface area contributed by atoms with E-state index in [-0.39, 0.29) is 24.0 Å². The molecular formula is C22H23ClN2O5S. The van der Waals surface area contributed by atoms with Gasteiger partial charge in [-0.3, -0.25) is 9.59 Å². The molecule has 3 rings (SSSR count). The van der Waals surface area contributed by atoms with Crippen molar-refractivity contribution in [3.63, 3.8) is 0 Å². The van der Waals surface area contributed by atoms with Crippen LogP contribution in [-0.2, 0) is 33.0 Å². The highest BCUT2D eigenvalue weighted by Gasteiger charge is 2.20. The highest BCUT2D eigenvalue weighted by molar-refractivity contribution is 7.92. The number of hydrogen-bond donors (Lipinski definition) is 1. The Hall–Kier alpha value is -2.84. The van der Waals surface area contributed by atoms with Crippen LogP contribution in [0.3, 0.4) is 0 Å². The van der Waals surface area contributed by atoms with Crippen molar-refractivity contribution in [2.45, 2.75) is 25.3 Å². The van der Waals surface area contributed by atoms with E-state index < -0.39 is 21.6 Å². The van der Waals surface area contributed by atoms with Crippen LogP contribution in [0, 0.1) is 6.92 Å². The number of benzene rings is 2. The Labute approximate surface area is 185 Å². The van der Waals surface area contributed by atoms with Crippen molar-refractivity contribution < 1.29 is 22.7 Å². The molecule has 0 aliphatic rings. The predicted molar refractivity (Wildman–Crippen MR) is 119 cm³/mol. The van der Waals surface area contributed by atoms with Crippen LogP contribution in [0.15, 0.2) is 47.4 Å². The van der Waals surface area contributed by atoms with Crippen LogP contribution >= 0.6 is 11.6 Å². The lowest BCUT2D eigenvalue weighted by molar-refractivity contribution is -0.139. The average Bonchev–Trinajstić information content (AvgIpc) is 3.03. The number of ether oxygens (including phenoxy) is 1. The SMILES string of the molecule is CCOC(=O)CS(=O)(=O)c1ccc(CNC(=O)c2cc3c(Cl)cc(C)cc3n2C)cc1. The lowest BCUT2D eigenvalue weighted by Gasteiger charge is -2.08. The van der Waals surface area contributed by atoms with Gasteiger partial charge >= 0.3 is 5.97 Å². The van der Waals surface area contributed by atoms with Crippen LogP contribution in [0.2, 0.25) is 5.02 Å². The summed E-state index contributed by atoms with van der Waals surface area (Å²) in [5, 5.41) is 4.22. The van der Waals surface area contributed by atoms with E-state index in [0.29, 0.717) is 10.7 Å². The van der Waals surface area contributed by atoms with Crippen molar-refractivity contribution in [3.8, 4) is 0 Å². The van der Waals surface area contributed by atoms with Gasteiger partial charge in [-0.05, 0) is 55.3 Å². The van der Waals surface area contributed by atoms with Crippen molar-refractivity contribution in [2.24, 2.45) is 7.05 Å². The molecule has 164 valence electrons. The molecule has 3 aromatic rings. The van der Waals surface area contributed by atoms with Crippen LogP contribution in [0.5, 0.6) is 0 Å². The summed E-state index contributed by atoms with van der Waals surface area (Å²) >= 11 is 6.30. The minimum absolute atomic E-state index is 0.0225. The van der Waals surface area contributed by atoms with Crippen molar-refractivity contribution in [1.29, 1.82) is 0 Å². The number of hydrogen-bond acceptors (Lipinski definition) is 5.